The molecule has 104 valence electrons. The Kier molecular flexibility index (Phi) is 3.20. The van der Waals surface area contributed by atoms with E-state index in [0.717, 1.165) is 11.3 Å². The summed E-state index contributed by atoms with van der Waals surface area (Å²) in [6.07, 6.45) is -0.227. The second kappa shape index (κ2) is 5.02. The van der Waals surface area contributed by atoms with Crippen LogP contribution in [0.3, 0.4) is 0 Å². The summed E-state index contributed by atoms with van der Waals surface area (Å²) in [4.78, 5) is 10.8. The Morgan fingerprint density at radius 3 is 2.80 bits per heavy atom. The third kappa shape index (κ3) is 2.16. The van der Waals surface area contributed by atoms with Crippen molar-refractivity contribution in [1.82, 2.24) is 0 Å². The van der Waals surface area contributed by atoms with Gasteiger partial charge in [0.25, 0.3) is 0 Å². The van der Waals surface area contributed by atoms with Gasteiger partial charge in [0, 0.05) is 11.5 Å². The van der Waals surface area contributed by atoms with Crippen LogP contribution in [0.4, 0.5) is 0 Å². The molecule has 0 saturated carbocycles. The molecule has 3 rings (SSSR count). The highest BCUT2D eigenvalue weighted by Crippen LogP contribution is 2.41. The topological polar surface area (TPSA) is 79.9 Å². The van der Waals surface area contributed by atoms with E-state index in [-0.39, 0.29) is 17.4 Å². The number of carboxylic acids is 1. The van der Waals surface area contributed by atoms with E-state index in [0.29, 0.717) is 13.0 Å². The van der Waals surface area contributed by atoms with Gasteiger partial charge in [-0.2, -0.15) is 0 Å². The van der Waals surface area contributed by atoms with Gasteiger partial charge in [0.05, 0.1) is 6.61 Å². The van der Waals surface area contributed by atoms with Crippen LogP contribution in [0.15, 0.2) is 40.8 Å². The van der Waals surface area contributed by atoms with E-state index in [9.17, 15) is 9.90 Å². The first-order chi connectivity index (χ1) is 9.66. The Hall–Kier alpha value is -2.27. The van der Waals surface area contributed by atoms with Gasteiger partial charge in [0.1, 0.15) is 17.6 Å². The lowest BCUT2D eigenvalue weighted by Gasteiger charge is -2.28. The number of rotatable bonds is 3. The highest BCUT2D eigenvalue weighted by molar-refractivity contribution is 5.84. The molecule has 2 N–H and O–H groups in total. The summed E-state index contributed by atoms with van der Waals surface area (Å²) >= 11 is 0. The number of fused-ring (bicyclic) bond motifs is 1. The number of carboxylic acid groups (broad SMARTS) is 1. The molecule has 0 amide bonds. The molecule has 0 saturated heterocycles. The minimum atomic E-state index is -1.14. The fraction of sp³-hybridized carbons (Fsp3) is 0.267. The molecule has 1 aliphatic heterocycles. The standard InChI is InChI=1S/C15H14O5/c16-14(12-5-6-13(20-12)15(17)18)10-7-8-19-11-4-2-1-3-9(10)11/h1-6,10,14,16H,7-8H2,(H,17,18). The Morgan fingerprint density at radius 2 is 2.05 bits per heavy atom. The molecular formula is C15H14O5. The van der Waals surface area contributed by atoms with Crippen molar-refractivity contribution in [1.29, 1.82) is 0 Å². The molecule has 2 unspecified atom stereocenters. The van der Waals surface area contributed by atoms with Crippen LogP contribution in [0.2, 0.25) is 0 Å². The van der Waals surface area contributed by atoms with Crippen LogP contribution < -0.4 is 4.74 Å². The molecule has 20 heavy (non-hydrogen) atoms. The van der Waals surface area contributed by atoms with Gasteiger partial charge in [0.15, 0.2) is 0 Å². The lowest BCUT2D eigenvalue weighted by Crippen LogP contribution is -2.19. The number of hydrogen-bond donors (Lipinski definition) is 2. The zero-order valence-corrected chi connectivity index (χ0v) is 10.7. The van der Waals surface area contributed by atoms with Gasteiger partial charge >= 0.3 is 5.97 Å². The Labute approximate surface area is 115 Å². The van der Waals surface area contributed by atoms with Gasteiger partial charge in [0.2, 0.25) is 5.76 Å². The van der Waals surface area contributed by atoms with Crippen molar-refractivity contribution in [3.05, 3.63) is 53.5 Å². The van der Waals surface area contributed by atoms with Gasteiger partial charge in [-0.15, -0.1) is 0 Å². The fourth-order valence-electron chi connectivity index (χ4n) is 2.52. The number of ether oxygens (including phenoxy) is 1. The molecule has 1 aromatic heterocycles. The molecule has 1 aromatic carbocycles. The molecule has 2 atom stereocenters. The molecule has 2 aromatic rings. The number of aliphatic hydroxyl groups is 1. The van der Waals surface area contributed by atoms with E-state index in [1.54, 1.807) is 0 Å². The average Bonchev–Trinajstić information content (AvgIpc) is 2.96. The summed E-state index contributed by atoms with van der Waals surface area (Å²) in [5, 5.41) is 19.3. The largest absolute Gasteiger partial charge is 0.493 e. The van der Waals surface area contributed by atoms with Gasteiger partial charge in [-0.3, -0.25) is 0 Å². The monoisotopic (exact) mass is 274 g/mol. The summed E-state index contributed by atoms with van der Waals surface area (Å²) in [6.45, 7) is 0.519. The molecule has 2 heterocycles. The van der Waals surface area contributed by atoms with Crippen molar-refractivity contribution < 1.29 is 24.2 Å². The second-order valence-corrected chi connectivity index (χ2v) is 4.73. The Bertz CT molecular complexity index is 631. The van der Waals surface area contributed by atoms with Crippen LogP contribution in [0.1, 0.15) is 40.3 Å². The lowest BCUT2D eigenvalue weighted by molar-refractivity contribution is 0.0637. The summed E-state index contributed by atoms with van der Waals surface area (Å²) in [5.74, 6) is -0.445. The second-order valence-electron chi connectivity index (χ2n) is 4.73. The maximum absolute atomic E-state index is 10.8. The van der Waals surface area contributed by atoms with Crippen LogP contribution in [0.25, 0.3) is 0 Å². The van der Waals surface area contributed by atoms with Gasteiger partial charge in [-0.25, -0.2) is 4.79 Å². The van der Waals surface area contributed by atoms with E-state index in [2.05, 4.69) is 0 Å². The van der Waals surface area contributed by atoms with Crippen molar-refractivity contribution in [2.75, 3.05) is 6.61 Å². The number of benzene rings is 1. The molecule has 5 heteroatoms. The molecule has 0 aliphatic carbocycles. The lowest BCUT2D eigenvalue weighted by atomic mass is 9.87. The van der Waals surface area contributed by atoms with E-state index >= 15 is 0 Å². The average molecular weight is 274 g/mol. The van der Waals surface area contributed by atoms with Crippen LogP contribution in [0.5, 0.6) is 5.75 Å². The third-order valence-corrected chi connectivity index (χ3v) is 3.52. The Balaban J connectivity index is 1.91. The normalized spacial score (nSPS) is 18.9. The molecule has 0 bridgehead atoms. The quantitative estimate of drug-likeness (QED) is 0.899. The maximum atomic E-state index is 10.8. The zero-order valence-electron chi connectivity index (χ0n) is 10.7. The van der Waals surface area contributed by atoms with Crippen molar-refractivity contribution in [2.45, 2.75) is 18.4 Å². The molecule has 5 nitrogen and oxygen atoms in total. The van der Waals surface area contributed by atoms with Crippen molar-refractivity contribution in [3.8, 4) is 5.75 Å². The Morgan fingerprint density at radius 1 is 1.25 bits per heavy atom. The van der Waals surface area contributed by atoms with Crippen LogP contribution in [-0.4, -0.2) is 22.8 Å². The van der Waals surface area contributed by atoms with Crippen LogP contribution in [-0.2, 0) is 0 Å². The first kappa shape index (κ1) is 12.7. The highest BCUT2D eigenvalue weighted by atomic mass is 16.5. The van der Waals surface area contributed by atoms with E-state index in [4.69, 9.17) is 14.3 Å². The SMILES string of the molecule is O=C(O)c1ccc(C(O)C2CCOc3ccccc32)o1. The van der Waals surface area contributed by atoms with Gasteiger partial charge in [-0.05, 0) is 24.6 Å². The van der Waals surface area contributed by atoms with Crippen molar-refractivity contribution in [3.63, 3.8) is 0 Å². The van der Waals surface area contributed by atoms with Crippen molar-refractivity contribution >= 4 is 5.97 Å². The van der Waals surface area contributed by atoms with Crippen molar-refractivity contribution in [2.24, 2.45) is 0 Å². The molecule has 0 radical (unpaired) electrons. The summed E-state index contributed by atoms with van der Waals surface area (Å²) < 4.78 is 10.7. The number of aromatic carboxylic acids is 1. The van der Waals surface area contributed by atoms with Gasteiger partial charge in [-0.1, -0.05) is 18.2 Å². The number of carbonyl (C=O) groups is 1. The van der Waals surface area contributed by atoms with Gasteiger partial charge < -0.3 is 19.4 Å². The fourth-order valence-corrected chi connectivity index (χ4v) is 2.52. The van der Waals surface area contributed by atoms with E-state index in [1.165, 1.54) is 12.1 Å². The number of hydrogen-bond acceptors (Lipinski definition) is 4. The molecule has 0 spiro atoms. The zero-order chi connectivity index (χ0) is 14.1. The van der Waals surface area contributed by atoms with E-state index in [1.807, 2.05) is 24.3 Å². The van der Waals surface area contributed by atoms with E-state index < -0.39 is 12.1 Å². The molecule has 0 fully saturated rings. The van der Waals surface area contributed by atoms with Crippen LogP contribution in [0, 0.1) is 0 Å². The van der Waals surface area contributed by atoms with Crippen LogP contribution >= 0.6 is 0 Å². The number of aliphatic hydroxyl groups excluding tert-OH is 1. The first-order valence-corrected chi connectivity index (χ1v) is 6.39. The first-order valence-electron chi connectivity index (χ1n) is 6.39. The summed E-state index contributed by atoms with van der Waals surface area (Å²) in [6, 6.07) is 10.4. The minimum Gasteiger partial charge on any atom is -0.493 e. The molecular weight excluding hydrogens is 260 g/mol. The summed E-state index contributed by atoms with van der Waals surface area (Å²) in [7, 11) is 0. The maximum Gasteiger partial charge on any atom is 0.371 e. The predicted molar refractivity (Wildman–Crippen MR) is 69.9 cm³/mol. The number of para-hydroxylation sites is 1. The third-order valence-electron chi connectivity index (χ3n) is 3.52. The minimum absolute atomic E-state index is 0.159. The summed E-state index contributed by atoms with van der Waals surface area (Å²) in [5.41, 5.74) is 0.916. The predicted octanol–water partition coefficient (Wildman–Crippen LogP) is 2.58. The highest BCUT2D eigenvalue weighted by Gasteiger charge is 2.30. The number of furan rings is 1. The smallest absolute Gasteiger partial charge is 0.371 e. The molecule has 1 aliphatic rings.